The van der Waals surface area contributed by atoms with Crippen LogP contribution in [0.2, 0.25) is 0 Å². The van der Waals surface area contributed by atoms with E-state index in [0.29, 0.717) is 23.2 Å². The molecule has 4 aromatic rings. The number of nitrogens with one attached hydrogen (secondary N) is 1. The van der Waals surface area contributed by atoms with Crippen molar-refractivity contribution < 1.29 is 13.7 Å². The maximum absolute atomic E-state index is 13.4. The summed E-state index contributed by atoms with van der Waals surface area (Å²) in [5.41, 5.74) is 4.47. The van der Waals surface area contributed by atoms with Crippen LogP contribution in [-0.4, -0.2) is 20.1 Å². The molecule has 0 spiro atoms. The minimum absolute atomic E-state index is 0.0295. The molecule has 0 aliphatic heterocycles. The van der Waals surface area contributed by atoms with Crippen molar-refractivity contribution in [3.63, 3.8) is 0 Å². The van der Waals surface area contributed by atoms with Crippen molar-refractivity contribution in [2.75, 3.05) is 5.32 Å². The van der Waals surface area contributed by atoms with Crippen molar-refractivity contribution in [1.29, 1.82) is 0 Å². The third kappa shape index (κ3) is 4.78. The number of nitrogens with zero attached hydrogens (tertiary/aromatic N) is 4. The molecule has 0 saturated heterocycles. The summed E-state index contributed by atoms with van der Waals surface area (Å²) in [6.07, 6.45) is 0. The molecule has 1 N–H and O–H groups in total. The molecule has 7 nitrogen and oxygen atoms in total. The predicted molar refractivity (Wildman–Crippen MR) is 110 cm³/mol. The number of benzene rings is 2. The Morgan fingerprint density at radius 2 is 1.77 bits per heavy atom. The summed E-state index contributed by atoms with van der Waals surface area (Å²) in [7, 11) is 0. The van der Waals surface area contributed by atoms with E-state index in [1.54, 1.807) is 18.2 Å². The molecule has 0 aliphatic carbocycles. The topological polar surface area (TPSA) is 86.0 Å². The van der Waals surface area contributed by atoms with Gasteiger partial charge in [-0.15, -0.1) is 0 Å². The summed E-state index contributed by atoms with van der Waals surface area (Å²) in [6, 6.07) is 13.8. The highest BCUT2D eigenvalue weighted by molar-refractivity contribution is 5.56. The highest BCUT2D eigenvalue weighted by atomic mass is 19.1. The first-order valence-corrected chi connectivity index (χ1v) is 9.37. The first-order valence-electron chi connectivity index (χ1n) is 9.37. The molecule has 0 atom stereocenters. The van der Waals surface area contributed by atoms with Crippen molar-refractivity contribution in [3.8, 4) is 17.3 Å². The van der Waals surface area contributed by atoms with Gasteiger partial charge in [-0.2, -0.15) is 9.97 Å². The number of halogens is 1. The molecule has 8 heteroatoms. The van der Waals surface area contributed by atoms with Crippen LogP contribution in [0.25, 0.3) is 11.4 Å². The van der Waals surface area contributed by atoms with Crippen molar-refractivity contribution in [2.24, 2.45) is 0 Å². The largest absolute Gasteiger partial charge is 0.467 e. The number of rotatable bonds is 6. The lowest BCUT2D eigenvalue weighted by Crippen LogP contribution is -2.03. The van der Waals surface area contributed by atoms with E-state index in [2.05, 4.69) is 31.5 Å². The third-order valence-corrected chi connectivity index (χ3v) is 4.20. The first kappa shape index (κ1) is 19.5. The molecule has 0 unspecified atom stereocenters. The Morgan fingerprint density at radius 3 is 2.53 bits per heavy atom. The Morgan fingerprint density at radius 1 is 0.967 bits per heavy atom. The van der Waals surface area contributed by atoms with Crippen molar-refractivity contribution in [2.45, 2.75) is 27.4 Å². The van der Waals surface area contributed by atoms with Gasteiger partial charge in [-0.1, -0.05) is 23.4 Å². The zero-order valence-corrected chi connectivity index (χ0v) is 16.8. The number of hydrogen-bond acceptors (Lipinski definition) is 7. The minimum Gasteiger partial charge on any atom is -0.467 e. The van der Waals surface area contributed by atoms with E-state index < -0.39 is 0 Å². The van der Waals surface area contributed by atoms with E-state index in [0.717, 1.165) is 22.5 Å². The predicted octanol–water partition coefficient (Wildman–Crippen LogP) is 4.91. The van der Waals surface area contributed by atoms with Gasteiger partial charge in [-0.05, 0) is 56.2 Å². The van der Waals surface area contributed by atoms with Gasteiger partial charge in [-0.3, -0.25) is 0 Å². The second-order valence-corrected chi connectivity index (χ2v) is 6.98. The van der Waals surface area contributed by atoms with Crippen LogP contribution >= 0.6 is 0 Å². The van der Waals surface area contributed by atoms with Gasteiger partial charge in [0.2, 0.25) is 17.7 Å². The molecular weight excluding hydrogens is 385 g/mol. The van der Waals surface area contributed by atoms with E-state index >= 15 is 0 Å². The molecule has 0 bridgehead atoms. The second-order valence-electron chi connectivity index (χ2n) is 6.98. The summed E-state index contributed by atoms with van der Waals surface area (Å²) in [4.78, 5) is 13.0. The average molecular weight is 405 g/mol. The first-order chi connectivity index (χ1) is 14.4. The average Bonchev–Trinajstić information content (AvgIpc) is 3.14. The van der Waals surface area contributed by atoms with Crippen LogP contribution in [0, 0.1) is 26.6 Å². The fraction of sp³-hybridized carbons (Fsp3) is 0.182. The van der Waals surface area contributed by atoms with Gasteiger partial charge in [0.25, 0.3) is 5.89 Å². The summed E-state index contributed by atoms with van der Waals surface area (Å²) in [6.45, 7) is 5.95. The van der Waals surface area contributed by atoms with Gasteiger partial charge >= 0.3 is 0 Å². The number of hydrogen-bond donors (Lipinski definition) is 1. The number of anilines is 2. The van der Waals surface area contributed by atoms with Gasteiger partial charge in [0, 0.05) is 23.0 Å². The van der Waals surface area contributed by atoms with Gasteiger partial charge < -0.3 is 14.6 Å². The smallest absolute Gasteiger partial charge is 0.264 e. The molecule has 0 aliphatic rings. The Labute approximate surface area is 173 Å². The summed E-state index contributed by atoms with van der Waals surface area (Å²) in [5, 5.41) is 7.08. The van der Waals surface area contributed by atoms with E-state index in [-0.39, 0.29) is 18.3 Å². The fourth-order valence-electron chi connectivity index (χ4n) is 3.04. The fourth-order valence-corrected chi connectivity index (χ4v) is 3.04. The molecule has 4 rings (SSSR count). The van der Waals surface area contributed by atoms with Crippen LogP contribution in [0.3, 0.4) is 0 Å². The Bertz CT molecular complexity index is 1170. The molecule has 30 heavy (non-hydrogen) atoms. The van der Waals surface area contributed by atoms with Crippen LogP contribution in [-0.2, 0) is 6.61 Å². The molecule has 0 fully saturated rings. The van der Waals surface area contributed by atoms with Crippen LogP contribution in [0.15, 0.2) is 53.1 Å². The Hall–Kier alpha value is -3.81. The summed E-state index contributed by atoms with van der Waals surface area (Å²) >= 11 is 0. The molecule has 2 aromatic carbocycles. The van der Waals surface area contributed by atoms with Crippen molar-refractivity contribution in [1.82, 2.24) is 20.1 Å². The van der Waals surface area contributed by atoms with Gasteiger partial charge in [0.05, 0.1) is 0 Å². The molecular formula is C22H20FN5O2. The van der Waals surface area contributed by atoms with Gasteiger partial charge in [0.1, 0.15) is 5.82 Å². The number of aromatic nitrogens is 4. The highest BCUT2D eigenvalue weighted by Crippen LogP contribution is 2.21. The second kappa shape index (κ2) is 8.28. The zero-order chi connectivity index (χ0) is 21.1. The van der Waals surface area contributed by atoms with Crippen molar-refractivity contribution in [3.05, 3.63) is 77.1 Å². The number of ether oxygens (including phenoxy) is 1. The zero-order valence-electron chi connectivity index (χ0n) is 16.8. The Kier molecular flexibility index (Phi) is 5.38. The lowest BCUT2D eigenvalue weighted by molar-refractivity contribution is 0.235. The molecule has 2 heterocycles. The quantitative estimate of drug-likeness (QED) is 0.487. The molecule has 0 radical (unpaired) electrons. The lowest BCUT2D eigenvalue weighted by Gasteiger charge is -2.10. The third-order valence-electron chi connectivity index (χ3n) is 4.20. The maximum Gasteiger partial charge on any atom is 0.264 e. The van der Waals surface area contributed by atoms with Crippen LogP contribution in [0.1, 0.15) is 22.7 Å². The minimum atomic E-state index is -0.365. The van der Waals surface area contributed by atoms with E-state index in [4.69, 9.17) is 9.26 Å². The normalized spacial score (nSPS) is 10.8. The standard InChI is InChI=1S/C22H20FN5O2/c1-13-7-14(2)9-18(8-13)25-22-24-15(3)10-19(27-22)29-12-20-26-21(28-30-20)16-5-4-6-17(23)11-16/h4-11H,12H2,1-3H3,(H,24,25,27). The maximum atomic E-state index is 13.4. The molecule has 2 aromatic heterocycles. The van der Waals surface area contributed by atoms with Gasteiger partial charge in [0.15, 0.2) is 6.61 Å². The van der Waals surface area contributed by atoms with Crippen LogP contribution in [0.5, 0.6) is 5.88 Å². The van der Waals surface area contributed by atoms with Crippen LogP contribution < -0.4 is 10.1 Å². The summed E-state index contributed by atoms with van der Waals surface area (Å²) < 4.78 is 24.3. The SMILES string of the molecule is Cc1cc(C)cc(Nc2nc(C)cc(OCc3nc(-c4cccc(F)c4)no3)n2)c1. The monoisotopic (exact) mass is 405 g/mol. The van der Waals surface area contributed by atoms with Gasteiger partial charge in [-0.25, -0.2) is 9.37 Å². The van der Waals surface area contributed by atoms with Crippen LogP contribution in [0.4, 0.5) is 16.0 Å². The summed E-state index contributed by atoms with van der Waals surface area (Å²) in [5.74, 6) is 0.995. The number of aryl methyl sites for hydroxylation is 3. The van der Waals surface area contributed by atoms with Crippen molar-refractivity contribution >= 4 is 11.6 Å². The van der Waals surface area contributed by atoms with E-state index in [1.165, 1.54) is 12.1 Å². The lowest BCUT2D eigenvalue weighted by atomic mass is 10.1. The van der Waals surface area contributed by atoms with E-state index in [1.807, 2.05) is 32.9 Å². The highest BCUT2D eigenvalue weighted by Gasteiger charge is 2.11. The molecule has 0 saturated carbocycles. The molecule has 0 amide bonds. The molecule has 152 valence electrons. The van der Waals surface area contributed by atoms with E-state index in [9.17, 15) is 4.39 Å². The Balaban J connectivity index is 1.46.